The van der Waals surface area contributed by atoms with E-state index in [1.165, 1.54) is 12.8 Å². The summed E-state index contributed by atoms with van der Waals surface area (Å²) in [7, 11) is 0. The van der Waals surface area contributed by atoms with Crippen molar-refractivity contribution in [3.05, 3.63) is 30.0 Å². The first kappa shape index (κ1) is 14.3. The number of aromatic amines is 1. The number of hydrogen-bond acceptors (Lipinski definition) is 3. The molecule has 0 aliphatic heterocycles. The monoisotopic (exact) mass is 303 g/mol. The van der Waals surface area contributed by atoms with E-state index in [0.29, 0.717) is 17.3 Å². The molecule has 0 saturated heterocycles. The number of fused-ring (bicyclic) bond motifs is 1. The van der Waals surface area contributed by atoms with Gasteiger partial charge in [-0.2, -0.15) is 11.8 Å². The van der Waals surface area contributed by atoms with E-state index in [-0.39, 0.29) is 5.91 Å². The highest BCUT2D eigenvalue weighted by atomic mass is 32.2. The van der Waals surface area contributed by atoms with E-state index in [4.69, 9.17) is 5.73 Å². The van der Waals surface area contributed by atoms with Crippen molar-refractivity contribution in [2.24, 2.45) is 0 Å². The van der Waals surface area contributed by atoms with E-state index in [1.807, 2.05) is 30.0 Å². The summed E-state index contributed by atoms with van der Waals surface area (Å²) in [4.78, 5) is 15.6. The van der Waals surface area contributed by atoms with Crippen molar-refractivity contribution in [1.82, 2.24) is 10.3 Å². The minimum absolute atomic E-state index is 0.0126. The number of aromatic nitrogens is 1. The van der Waals surface area contributed by atoms with Crippen molar-refractivity contribution in [2.45, 2.75) is 37.0 Å². The van der Waals surface area contributed by atoms with E-state index in [1.54, 1.807) is 6.20 Å². The maximum absolute atomic E-state index is 12.5. The number of rotatable bonds is 3. The summed E-state index contributed by atoms with van der Waals surface area (Å²) in [6.07, 6.45) is 8.47. The van der Waals surface area contributed by atoms with Crippen molar-refractivity contribution >= 4 is 34.3 Å². The number of thioether (sulfide) groups is 1. The molecule has 3 rings (SSSR count). The van der Waals surface area contributed by atoms with Crippen LogP contribution in [0.4, 0.5) is 5.69 Å². The van der Waals surface area contributed by atoms with Gasteiger partial charge in [-0.15, -0.1) is 0 Å². The fourth-order valence-electron chi connectivity index (χ4n) is 3.04. The highest BCUT2D eigenvalue weighted by molar-refractivity contribution is 7.99. The molecule has 1 aromatic carbocycles. The molecule has 1 aliphatic rings. The molecule has 0 spiro atoms. The van der Waals surface area contributed by atoms with E-state index in [2.05, 4.69) is 16.6 Å². The molecule has 1 amide bonds. The van der Waals surface area contributed by atoms with Gasteiger partial charge in [0.25, 0.3) is 5.91 Å². The predicted octanol–water partition coefficient (Wildman–Crippen LogP) is 3.15. The number of nitrogens with one attached hydrogen (secondary N) is 2. The lowest BCUT2D eigenvalue weighted by atomic mass is 9.94. The van der Waals surface area contributed by atoms with Crippen LogP contribution in [0, 0.1) is 0 Å². The molecule has 1 aliphatic carbocycles. The second kappa shape index (κ2) is 6.02. The Kier molecular flexibility index (Phi) is 4.10. The number of amides is 1. The zero-order valence-electron chi connectivity index (χ0n) is 12.2. The third kappa shape index (κ3) is 3.02. The fourth-order valence-corrected chi connectivity index (χ4v) is 3.78. The summed E-state index contributed by atoms with van der Waals surface area (Å²) < 4.78 is 0. The Morgan fingerprint density at radius 3 is 2.81 bits per heavy atom. The molecule has 1 aromatic heterocycles. The molecule has 1 heterocycles. The van der Waals surface area contributed by atoms with Gasteiger partial charge in [0.05, 0.1) is 5.56 Å². The van der Waals surface area contributed by atoms with Crippen molar-refractivity contribution in [1.29, 1.82) is 0 Å². The molecule has 5 heteroatoms. The van der Waals surface area contributed by atoms with Gasteiger partial charge in [-0.25, -0.2) is 0 Å². The van der Waals surface area contributed by atoms with Crippen molar-refractivity contribution in [2.75, 3.05) is 12.0 Å². The summed E-state index contributed by atoms with van der Waals surface area (Å²) in [5, 5.41) is 4.86. The Morgan fingerprint density at radius 2 is 2.10 bits per heavy atom. The summed E-state index contributed by atoms with van der Waals surface area (Å²) in [5.74, 6) is 0.0126. The van der Waals surface area contributed by atoms with E-state index >= 15 is 0 Å². The predicted molar refractivity (Wildman–Crippen MR) is 89.7 cm³/mol. The number of H-pyrrole nitrogens is 1. The largest absolute Gasteiger partial charge is 0.399 e. The first-order valence-electron chi connectivity index (χ1n) is 7.37. The smallest absolute Gasteiger partial charge is 0.253 e. The SMILES string of the molecule is CSC1CCC(NC(=O)c2c[nH]c3cc(N)ccc23)CC1. The van der Waals surface area contributed by atoms with Crippen LogP contribution in [0.1, 0.15) is 36.0 Å². The Labute approximate surface area is 128 Å². The number of nitrogens with two attached hydrogens (primary N) is 1. The number of carbonyl (C=O) groups is 1. The van der Waals surface area contributed by atoms with Gasteiger partial charge in [0, 0.05) is 34.1 Å². The second-order valence-corrected chi connectivity index (χ2v) is 6.83. The quantitative estimate of drug-likeness (QED) is 0.763. The molecule has 21 heavy (non-hydrogen) atoms. The molecule has 2 aromatic rings. The topological polar surface area (TPSA) is 70.9 Å². The second-order valence-electron chi connectivity index (χ2n) is 5.69. The zero-order chi connectivity index (χ0) is 14.8. The standard InChI is InChI=1S/C16H21N3OS/c1-21-12-5-3-11(4-6-12)19-16(20)14-9-18-15-8-10(17)2-7-13(14)15/h2,7-9,11-12,18H,3-6,17H2,1H3,(H,19,20). The lowest BCUT2D eigenvalue weighted by Gasteiger charge is -2.27. The summed E-state index contributed by atoms with van der Waals surface area (Å²) >= 11 is 1.94. The van der Waals surface area contributed by atoms with Crippen LogP contribution in [-0.2, 0) is 0 Å². The molecular weight excluding hydrogens is 282 g/mol. The van der Waals surface area contributed by atoms with Crippen LogP contribution in [0.25, 0.3) is 10.9 Å². The maximum Gasteiger partial charge on any atom is 0.253 e. The molecule has 0 bridgehead atoms. The van der Waals surface area contributed by atoms with Crippen LogP contribution in [0.5, 0.6) is 0 Å². The number of nitrogen functional groups attached to an aromatic ring is 1. The van der Waals surface area contributed by atoms with Gasteiger partial charge in [-0.05, 0) is 50.1 Å². The lowest BCUT2D eigenvalue weighted by molar-refractivity contribution is 0.0930. The molecule has 4 nitrogen and oxygen atoms in total. The van der Waals surface area contributed by atoms with Crippen LogP contribution in [0.2, 0.25) is 0 Å². The first-order valence-corrected chi connectivity index (χ1v) is 8.66. The maximum atomic E-state index is 12.5. The highest BCUT2D eigenvalue weighted by Gasteiger charge is 2.23. The Balaban J connectivity index is 1.70. The molecule has 0 atom stereocenters. The molecular formula is C16H21N3OS. The summed E-state index contributed by atoms with van der Waals surface area (Å²) in [5.41, 5.74) is 8.08. The summed E-state index contributed by atoms with van der Waals surface area (Å²) in [6, 6.07) is 5.90. The Hall–Kier alpha value is -1.62. The van der Waals surface area contributed by atoms with Crippen molar-refractivity contribution in [3.8, 4) is 0 Å². The van der Waals surface area contributed by atoms with Gasteiger partial charge < -0.3 is 16.0 Å². The molecule has 0 unspecified atom stereocenters. The van der Waals surface area contributed by atoms with Crippen molar-refractivity contribution < 1.29 is 4.79 Å². The van der Waals surface area contributed by atoms with Crippen LogP contribution in [0.3, 0.4) is 0 Å². The molecule has 4 N–H and O–H groups in total. The Morgan fingerprint density at radius 1 is 1.33 bits per heavy atom. The number of hydrogen-bond donors (Lipinski definition) is 3. The van der Waals surface area contributed by atoms with E-state index in [9.17, 15) is 4.79 Å². The summed E-state index contributed by atoms with van der Waals surface area (Å²) in [6.45, 7) is 0. The first-order chi connectivity index (χ1) is 10.2. The van der Waals surface area contributed by atoms with Gasteiger partial charge in [0.15, 0.2) is 0 Å². The molecule has 1 fully saturated rings. The van der Waals surface area contributed by atoms with E-state index in [0.717, 1.165) is 29.0 Å². The van der Waals surface area contributed by atoms with Gasteiger partial charge in [0.2, 0.25) is 0 Å². The molecule has 112 valence electrons. The average molecular weight is 303 g/mol. The minimum Gasteiger partial charge on any atom is -0.399 e. The molecule has 1 saturated carbocycles. The third-order valence-electron chi connectivity index (χ3n) is 4.29. The minimum atomic E-state index is 0.0126. The van der Waals surface area contributed by atoms with Gasteiger partial charge in [0.1, 0.15) is 0 Å². The fraction of sp³-hybridized carbons (Fsp3) is 0.438. The average Bonchev–Trinajstić information content (AvgIpc) is 2.91. The lowest BCUT2D eigenvalue weighted by Crippen LogP contribution is -2.38. The number of carbonyl (C=O) groups excluding carboxylic acids is 1. The van der Waals surface area contributed by atoms with E-state index < -0.39 is 0 Å². The van der Waals surface area contributed by atoms with Crippen LogP contribution >= 0.6 is 11.8 Å². The highest BCUT2D eigenvalue weighted by Crippen LogP contribution is 2.27. The molecule has 0 radical (unpaired) electrons. The Bertz CT molecular complexity index is 644. The van der Waals surface area contributed by atoms with Gasteiger partial charge in [-0.3, -0.25) is 4.79 Å². The van der Waals surface area contributed by atoms with Gasteiger partial charge >= 0.3 is 0 Å². The normalized spacial score (nSPS) is 22.3. The van der Waals surface area contributed by atoms with Crippen molar-refractivity contribution in [3.63, 3.8) is 0 Å². The van der Waals surface area contributed by atoms with Gasteiger partial charge in [-0.1, -0.05) is 0 Å². The number of anilines is 1. The van der Waals surface area contributed by atoms with Crippen LogP contribution < -0.4 is 11.1 Å². The third-order valence-corrected chi connectivity index (χ3v) is 5.43. The van der Waals surface area contributed by atoms with Crippen LogP contribution in [-0.4, -0.2) is 28.4 Å². The number of benzene rings is 1. The zero-order valence-corrected chi connectivity index (χ0v) is 13.0. The van der Waals surface area contributed by atoms with Crippen LogP contribution in [0.15, 0.2) is 24.4 Å².